The Hall–Kier alpha value is -0.610. The lowest BCUT2D eigenvalue weighted by molar-refractivity contribution is -0.137. The molecule has 162 valence electrons. The van der Waals surface area contributed by atoms with Crippen LogP contribution >= 0.6 is 0 Å². The second-order valence-electron chi connectivity index (χ2n) is 8.20. The van der Waals surface area contributed by atoms with Gasteiger partial charge in [0.05, 0.1) is 12.2 Å². The third-order valence-corrected chi connectivity index (χ3v) is 5.40. The molecule has 0 aliphatic heterocycles. The molecule has 0 spiro atoms. The summed E-state index contributed by atoms with van der Waals surface area (Å²) in [6.07, 6.45) is 19.3. The van der Waals surface area contributed by atoms with Crippen LogP contribution in [0.1, 0.15) is 129 Å². The zero-order chi connectivity index (χ0) is 20.2. The van der Waals surface area contributed by atoms with Crippen molar-refractivity contribution in [2.45, 2.75) is 141 Å². The molecule has 0 heterocycles. The van der Waals surface area contributed by atoms with Crippen LogP contribution < -0.4 is 0 Å². The highest BCUT2D eigenvalue weighted by molar-refractivity contribution is 5.66. The summed E-state index contributed by atoms with van der Waals surface area (Å²) < 4.78 is 0. The zero-order valence-corrected chi connectivity index (χ0v) is 17.8. The van der Waals surface area contributed by atoms with E-state index < -0.39 is 5.97 Å². The molecule has 0 aromatic rings. The Morgan fingerprint density at radius 3 is 1.37 bits per heavy atom. The lowest BCUT2D eigenvalue weighted by Crippen LogP contribution is -2.13. The smallest absolute Gasteiger partial charge is 0.303 e. The fourth-order valence-electron chi connectivity index (χ4n) is 3.55. The second-order valence-corrected chi connectivity index (χ2v) is 8.20. The number of carboxylic acid groups (broad SMARTS) is 1. The first kappa shape index (κ1) is 26.4. The van der Waals surface area contributed by atoms with E-state index in [9.17, 15) is 15.0 Å². The standard InChI is InChI=1S/C23H46O4/c1-2-3-4-10-13-16-21(24)19-20-22(25)17-14-11-8-6-5-7-9-12-15-18-23(26)27/h21-22,24-25H,2-20H2,1H3,(H,26,27). The van der Waals surface area contributed by atoms with E-state index in [1.54, 1.807) is 0 Å². The van der Waals surface area contributed by atoms with Crippen LogP contribution in [0, 0.1) is 0 Å². The Balaban J connectivity index is 3.29. The van der Waals surface area contributed by atoms with Gasteiger partial charge >= 0.3 is 5.97 Å². The summed E-state index contributed by atoms with van der Waals surface area (Å²) in [5.74, 6) is -0.686. The number of rotatable bonds is 21. The van der Waals surface area contributed by atoms with Crippen molar-refractivity contribution in [3.63, 3.8) is 0 Å². The third kappa shape index (κ3) is 21.5. The summed E-state index contributed by atoms with van der Waals surface area (Å²) >= 11 is 0. The molecule has 0 radical (unpaired) electrons. The lowest BCUT2D eigenvalue weighted by Gasteiger charge is -2.14. The van der Waals surface area contributed by atoms with Crippen molar-refractivity contribution in [2.24, 2.45) is 0 Å². The zero-order valence-electron chi connectivity index (χ0n) is 17.8. The molecule has 3 N–H and O–H groups in total. The van der Waals surface area contributed by atoms with E-state index in [0.717, 1.165) is 57.8 Å². The van der Waals surface area contributed by atoms with Gasteiger partial charge in [-0.2, -0.15) is 0 Å². The topological polar surface area (TPSA) is 77.8 Å². The summed E-state index contributed by atoms with van der Waals surface area (Å²) in [6, 6.07) is 0. The van der Waals surface area contributed by atoms with E-state index in [-0.39, 0.29) is 12.2 Å². The highest BCUT2D eigenvalue weighted by Crippen LogP contribution is 2.16. The van der Waals surface area contributed by atoms with Gasteiger partial charge in [0.15, 0.2) is 0 Å². The fourth-order valence-corrected chi connectivity index (χ4v) is 3.55. The van der Waals surface area contributed by atoms with Crippen molar-refractivity contribution in [1.29, 1.82) is 0 Å². The number of aliphatic hydroxyl groups is 2. The highest BCUT2D eigenvalue weighted by atomic mass is 16.4. The Bertz CT molecular complexity index is 320. The number of carboxylic acids is 1. The van der Waals surface area contributed by atoms with Crippen molar-refractivity contribution in [1.82, 2.24) is 0 Å². The molecule has 4 nitrogen and oxygen atoms in total. The molecule has 27 heavy (non-hydrogen) atoms. The maximum Gasteiger partial charge on any atom is 0.303 e. The van der Waals surface area contributed by atoms with Crippen LogP contribution in [0.3, 0.4) is 0 Å². The molecule has 0 saturated heterocycles. The van der Waals surface area contributed by atoms with Gasteiger partial charge in [0.1, 0.15) is 0 Å². The van der Waals surface area contributed by atoms with E-state index in [2.05, 4.69) is 6.92 Å². The van der Waals surface area contributed by atoms with E-state index >= 15 is 0 Å². The SMILES string of the molecule is CCCCCCCC(O)CCC(O)CCCCCCCCCCCC(=O)O. The van der Waals surface area contributed by atoms with Crippen molar-refractivity contribution >= 4 is 5.97 Å². The van der Waals surface area contributed by atoms with Gasteiger partial charge in [-0.1, -0.05) is 90.4 Å². The van der Waals surface area contributed by atoms with Crippen LogP contribution in [0.4, 0.5) is 0 Å². The molecule has 0 aliphatic rings. The van der Waals surface area contributed by atoms with Gasteiger partial charge in [-0.15, -0.1) is 0 Å². The molecule has 0 amide bonds. The Labute approximate surface area is 167 Å². The number of carbonyl (C=O) groups is 1. The van der Waals surface area contributed by atoms with Gasteiger partial charge in [-0.05, 0) is 32.1 Å². The first-order valence-electron chi connectivity index (χ1n) is 11.6. The van der Waals surface area contributed by atoms with Gasteiger partial charge in [-0.25, -0.2) is 0 Å². The van der Waals surface area contributed by atoms with Gasteiger partial charge in [0.2, 0.25) is 0 Å². The summed E-state index contributed by atoms with van der Waals surface area (Å²) in [6.45, 7) is 2.21. The third-order valence-electron chi connectivity index (χ3n) is 5.40. The fraction of sp³-hybridized carbons (Fsp3) is 0.957. The normalized spacial score (nSPS) is 13.6. The molecular formula is C23H46O4. The summed E-state index contributed by atoms with van der Waals surface area (Å²) in [4.78, 5) is 10.4. The molecule has 0 aromatic heterocycles. The maximum atomic E-state index is 10.4. The van der Waals surface area contributed by atoms with Crippen LogP contribution in [0.2, 0.25) is 0 Å². The minimum Gasteiger partial charge on any atom is -0.481 e. The van der Waals surface area contributed by atoms with E-state index in [0.29, 0.717) is 6.42 Å². The van der Waals surface area contributed by atoms with Crippen molar-refractivity contribution < 1.29 is 20.1 Å². The molecule has 0 fully saturated rings. The molecule has 0 aliphatic carbocycles. The monoisotopic (exact) mass is 386 g/mol. The van der Waals surface area contributed by atoms with E-state index in [1.807, 2.05) is 0 Å². The van der Waals surface area contributed by atoms with Crippen LogP contribution in [-0.2, 0) is 4.79 Å². The molecule has 0 saturated carbocycles. The number of hydrogen-bond donors (Lipinski definition) is 3. The lowest BCUT2D eigenvalue weighted by atomic mass is 10.00. The highest BCUT2D eigenvalue weighted by Gasteiger charge is 2.09. The summed E-state index contributed by atoms with van der Waals surface area (Å²) in [5, 5.41) is 28.6. The molecule has 0 bridgehead atoms. The number of aliphatic carboxylic acids is 1. The predicted molar refractivity (Wildman–Crippen MR) is 113 cm³/mol. The summed E-state index contributed by atoms with van der Waals surface area (Å²) in [7, 11) is 0. The Morgan fingerprint density at radius 2 is 0.963 bits per heavy atom. The molecule has 0 aromatic carbocycles. The first-order chi connectivity index (χ1) is 13.1. The van der Waals surface area contributed by atoms with Crippen molar-refractivity contribution in [3.05, 3.63) is 0 Å². The average molecular weight is 387 g/mol. The van der Waals surface area contributed by atoms with Crippen LogP contribution in [-0.4, -0.2) is 33.5 Å². The van der Waals surface area contributed by atoms with Crippen LogP contribution in [0.5, 0.6) is 0 Å². The van der Waals surface area contributed by atoms with Crippen molar-refractivity contribution in [3.8, 4) is 0 Å². The van der Waals surface area contributed by atoms with E-state index in [1.165, 1.54) is 57.8 Å². The number of hydrogen-bond acceptors (Lipinski definition) is 3. The summed E-state index contributed by atoms with van der Waals surface area (Å²) in [5.41, 5.74) is 0. The predicted octanol–water partition coefficient (Wildman–Crippen LogP) is 6.22. The van der Waals surface area contributed by atoms with Gasteiger partial charge < -0.3 is 15.3 Å². The quantitative estimate of drug-likeness (QED) is 0.204. The van der Waals surface area contributed by atoms with Gasteiger partial charge in [0, 0.05) is 6.42 Å². The molecule has 2 unspecified atom stereocenters. The minimum absolute atomic E-state index is 0.239. The Kier molecular flexibility index (Phi) is 19.7. The van der Waals surface area contributed by atoms with Crippen LogP contribution in [0.15, 0.2) is 0 Å². The molecule has 4 heteroatoms. The van der Waals surface area contributed by atoms with Crippen LogP contribution in [0.25, 0.3) is 0 Å². The molecular weight excluding hydrogens is 340 g/mol. The maximum absolute atomic E-state index is 10.4. The molecule has 0 rings (SSSR count). The second kappa shape index (κ2) is 20.1. The minimum atomic E-state index is -0.686. The Morgan fingerprint density at radius 1 is 0.593 bits per heavy atom. The van der Waals surface area contributed by atoms with Crippen molar-refractivity contribution in [2.75, 3.05) is 0 Å². The molecule has 2 atom stereocenters. The number of aliphatic hydroxyl groups excluding tert-OH is 2. The van der Waals surface area contributed by atoms with E-state index in [4.69, 9.17) is 5.11 Å². The van der Waals surface area contributed by atoms with Gasteiger partial charge in [-0.3, -0.25) is 4.79 Å². The average Bonchev–Trinajstić information content (AvgIpc) is 2.64. The van der Waals surface area contributed by atoms with Gasteiger partial charge in [0.25, 0.3) is 0 Å². The largest absolute Gasteiger partial charge is 0.481 e. The number of unbranched alkanes of at least 4 members (excludes halogenated alkanes) is 12. The first-order valence-corrected chi connectivity index (χ1v) is 11.6.